The molecule has 33 heavy (non-hydrogen) atoms. The summed E-state index contributed by atoms with van der Waals surface area (Å²) in [7, 11) is 1.79. The zero-order chi connectivity index (χ0) is 22.8. The highest BCUT2D eigenvalue weighted by atomic mass is 127. The van der Waals surface area contributed by atoms with E-state index in [0.717, 1.165) is 57.7 Å². The zero-order valence-electron chi connectivity index (χ0n) is 20.3. The number of halogens is 1. The molecule has 2 atom stereocenters. The van der Waals surface area contributed by atoms with Crippen molar-refractivity contribution in [1.82, 2.24) is 16.0 Å². The first-order valence-electron chi connectivity index (χ1n) is 12.1. The highest BCUT2D eigenvalue weighted by Crippen LogP contribution is 2.24. The van der Waals surface area contributed by atoms with Gasteiger partial charge >= 0.3 is 0 Å². The first-order chi connectivity index (χ1) is 15.5. The number of rotatable bonds is 8. The van der Waals surface area contributed by atoms with Gasteiger partial charge in [-0.1, -0.05) is 30.7 Å². The number of benzene rings is 1. The minimum atomic E-state index is 0. The van der Waals surface area contributed by atoms with E-state index >= 15 is 0 Å². The Labute approximate surface area is 215 Å². The van der Waals surface area contributed by atoms with Crippen LogP contribution in [0.15, 0.2) is 29.3 Å². The molecule has 1 saturated heterocycles. The van der Waals surface area contributed by atoms with E-state index in [2.05, 4.69) is 45.2 Å². The minimum Gasteiger partial charge on any atom is -0.381 e. The molecule has 7 nitrogen and oxygen atoms in total. The Balaban J connectivity index is 0.00000385. The van der Waals surface area contributed by atoms with Crippen LogP contribution in [0.1, 0.15) is 63.5 Å². The molecule has 1 aromatic rings. The largest absolute Gasteiger partial charge is 0.381 e. The summed E-state index contributed by atoms with van der Waals surface area (Å²) in [6.45, 7) is 6.93. The first-order valence-corrected chi connectivity index (χ1v) is 12.1. The smallest absolute Gasteiger partial charge is 0.223 e. The van der Waals surface area contributed by atoms with E-state index in [4.69, 9.17) is 9.47 Å². The fraction of sp³-hybridized carbons (Fsp3) is 0.680. The lowest BCUT2D eigenvalue weighted by molar-refractivity contribution is -0.126. The molecule has 1 aliphatic carbocycles. The quantitative estimate of drug-likeness (QED) is 0.251. The van der Waals surface area contributed by atoms with Crippen molar-refractivity contribution in [3.8, 4) is 0 Å². The third kappa shape index (κ3) is 9.78. The number of nitrogens with one attached hydrogen (secondary N) is 3. The summed E-state index contributed by atoms with van der Waals surface area (Å²) in [5.41, 5.74) is 2.38. The molecule has 0 aromatic heterocycles. The van der Waals surface area contributed by atoms with Crippen LogP contribution >= 0.6 is 24.0 Å². The summed E-state index contributed by atoms with van der Waals surface area (Å²) < 4.78 is 11.5. The molecule has 186 valence electrons. The molecule has 0 bridgehead atoms. The summed E-state index contributed by atoms with van der Waals surface area (Å²) in [5.74, 6) is 1.03. The highest BCUT2D eigenvalue weighted by Gasteiger charge is 2.28. The van der Waals surface area contributed by atoms with Crippen LogP contribution in [0.3, 0.4) is 0 Å². The lowest BCUT2D eigenvalue weighted by Gasteiger charge is -2.30. The van der Waals surface area contributed by atoms with E-state index in [1.165, 1.54) is 11.1 Å². The standard InChI is InChI=1S/C25H40N4O3.HI/c1-18(2)28-24(30)21-8-5-9-22(15-21)29-25(26-3)27-16-19-6-4-7-20(14-19)17-32-23-10-12-31-13-11-23;/h4,6-7,14,18,21-23H,5,8-13,15-17H2,1-3H3,(H,28,30)(H2,26,27,29);1H. The SMILES string of the molecule is CN=C(NCc1cccc(COC2CCOCC2)c1)NC1CCCC(C(=O)NC(C)C)C1.I. The molecule has 1 amide bonds. The summed E-state index contributed by atoms with van der Waals surface area (Å²) in [4.78, 5) is 16.8. The maximum Gasteiger partial charge on any atom is 0.223 e. The molecular formula is C25H41IN4O3. The molecule has 3 N–H and O–H groups in total. The van der Waals surface area contributed by atoms with E-state index in [1.54, 1.807) is 7.05 Å². The second kappa shape index (κ2) is 14.8. The summed E-state index contributed by atoms with van der Waals surface area (Å²) in [6.07, 6.45) is 6.18. The van der Waals surface area contributed by atoms with Gasteiger partial charge in [-0.05, 0) is 57.1 Å². The van der Waals surface area contributed by atoms with Gasteiger partial charge in [-0.3, -0.25) is 9.79 Å². The Bertz CT molecular complexity index is 753. The molecule has 0 radical (unpaired) electrons. The monoisotopic (exact) mass is 572 g/mol. The van der Waals surface area contributed by atoms with Gasteiger partial charge in [0, 0.05) is 44.8 Å². The van der Waals surface area contributed by atoms with Crippen LogP contribution in [0.25, 0.3) is 0 Å². The Morgan fingerprint density at radius 3 is 2.67 bits per heavy atom. The maximum absolute atomic E-state index is 12.4. The van der Waals surface area contributed by atoms with Gasteiger partial charge in [-0.25, -0.2) is 0 Å². The predicted molar refractivity (Wildman–Crippen MR) is 143 cm³/mol. The van der Waals surface area contributed by atoms with Crippen LogP contribution in [0.4, 0.5) is 0 Å². The molecule has 2 unspecified atom stereocenters. The van der Waals surface area contributed by atoms with Crippen molar-refractivity contribution < 1.29 is 14.3 Å². The average Bonchev–Trinajstić information content (AvgIpc) is 2.81. The Hall–Kier alpha value is -1.39. The number of hydrogen-bond acceptors (Lipinski definition) is 4. The van der Waals surface area contributed by atoms with E-state index in [-0.39, 0.29) is 47.9 Å². The number of aliphatic imine (C=N–C) groups is 1. The fourth-order valence-corrected chi connectivity index (χ4v) is 4.42. The molecule has 1 saturated carbocycles. The molecule has 1 aromatic carbocycles. The lowest BCUT2D eigenvalue weighted by Crippen LogP contribution is -2.47. The third-order valence-corrected chi connectivity index (χ3v) is 6.15. The van der Waals surface area contributed by atoms with E-state index in [1.807, 2.05) is 13.8 Å². The average molecular weight is 573 g/mol. The van der Waals surface area contributed by atoms with Gasteiger partial charge < -0.3 is 25.4 Å². The Morgan fingerprint density at radius 1 is 1.18 bits per heavy atom. The predicted octanol–water partition coefficient (Wildman–Crippen LogP) is 3.75. The number of nitrogens with zero attached hydrogens (tertiary/aromatic N) is 1. The molecule has 1 heterocycles. The van der Waals surface area contributed by atoms with Gasteiger partial charge in [0.25, 0.3) is 0 Å². The van der Waals surface area contributed by atoms with Crippen LogP contribution in [-0.4, -0.2) is 50.3 Å². The van der Waals surface area contributed by atoms with Gasteiger partial charge in [0.15, 0.2) is 5.96 Å². The normalized spacial score (nSPS) is 21.9. The van der Waals surface area contributed by atoms with Crippen molar-refractivity contribution in [1.29, 1.82) is 0 Å². The van der Waals surface area contributed by atoms with Gasteiger partial charge in [0.05, 0.1) is 12.7 Å². The van der Waals surface area contributed by atoms with Crippen molar-refractivity contribution in [2.45, 2.75) is 83.7 Å². The number of carbonyl (C=O) groups is 1. The number of guanidine groups is 1. The molecular weight excluding hydrogens is 531 g/mol. The molecule has 8 heteroatoms. The number of hydrogen-bond donors (Lipinski definition) is 3. The third-order valence-electron chi connectivity index (χ3n) is 6.15. The topological polar surface area (TPSA) is 84.0 Å². The van der Waals surface area contributed by atoms with Crippen molar-refractivity contribution in [3.63, 3.8) is 0 Å². The van der Waals surface area contributed by atoms with Crippen LogP contribution in [0.5, 0.6) is 0 Å². The Morgan fingerprint density at radius 2 is 1.94 bits per heavy atom. The zero-order valence-corrected chi connectivity index (χ0v) is 22.6. The molecule has 1 aliphatic heterocycles. The summed E-state index contributed by atoms with van der Waals surface area (Å²) in [6, 6.07) is 8.94. The van der Waals surface area contributed by atoms with E-state index < -0.39 is 0 Å². The maximum atomic E-state index is 12.4. The van der Waals surface area contributed by atoms with Crippen LogP contribution < -0.4 is 16.0 Å². The van der Waals surface area contributed by atoms with Gasteiger partial charge in [-0.15, -0.1) is 24.0 Å². The molecule has 2 aliphatic rings. The fourth-order valence-electron chi connectivity index (χ4n) is 4.42. The van der Waals surface area contributed by atoms with E-state index in [0.29, 0.717) is 19.3 Å². The second-order valence-corrected chi connectivity index (χ2v) is 9.24. The van der Waals surface area contributed by atoms with Crippen LogP contribution in [0.2, 0.25) is 0 Å². The van der Waals surface area contributed by atoms with Gasteiger partial charge in [0.2, 0.25) is 5.91 Å². The van der Waals surface area contributed by atoms with Crippen LogP contribution in [0, 0.1) is 5.92 Å². The van der Waals surface area contributed by atoms with Crippen LogP contribution in [-0.2, 0) is 27.4 Å². The molecule has 0 spiro atoms. The number of amides is 1. The van der Waals surface area contributed by atoms with Gasteiger partial charge in [-0.2, -0.15) is 0 Å². The van der Waals surface area contributed by atoms with Crippen molar-refractivity contribution in [2.75, 3.05) is 20.3 Å². The highest BCUT2D eigenvalue weighted by molar-refractivity contribution is 14.0. The van der Waals surface area contributed by atoms with Crippen molar-refractivity contribution >= 4 is 35.8 Å². The van der Waals surface area contributed by atoms with Gasteiger partial charge in [0.1, 0.15) is 0 Å². The Kier molecular flexibility index (Phi) is 12.5. The summed E-state index contributed by atoms with van der Waals surface area (Å²) >= 11 is 0. The molecule has 2 fully saturated rings. The first kappa shape index (κ1) is 27.9. The van der Waals surface area contributed by atoms with Crippen molar-refractivity contribution in [2.24, 2.45) is 10.9 Å². The minimum absolute atomic E-state index is 0. The number of carbonyl (C=O) groups excluding carboxylic acids is 1. The lowest BCUT2D eigenvalue weighted by atomic mass is 9.85. The molecule has 3 rings (SSSR count). The van der Waals surface area contributed by atoms with Crippen molar-refractivity contribution in [3.05, 3.63) is 35.4 Å². The van der Waals surface area contributed by atoms with E-state index in [9.17, 15) is 4.79 Å². The summed E-state index contributed by atoms with van der Waals surface area (Å²) in [5, 5.41) is 10.00. The number of ether oxygens (including phenoxy) is 2. The second-order valence-electron chi connectivity index (χ2n) is 9.24.